The molecule has 11 heteroatoms. The summed E-state index contributed by atoms with van der Waals surface area (Å²) in [6, 6.07) is 0. The van der Waals surface area contributed by atoms with E-state index in [0.29, 0.717) is 25.7 Å². The van der Waals surface area contributed by atoms with Crippen LogP contribution in [-0.4, -0.2) is 81.5 Å². The summed E-state index contributed by atoms with van der Waals surface area (Å²) in [6.45, 7) is 0. The third-order valence-corrected chi connectivity index (χ3v) is 8.66. The molecule has 11 nitrogen and oxygen atoms in total. The van der Waals surface area contributed by atoms with E-state index in [1.54, 1.807) is 14.2 Å². The zero-order chi connectivity index (χ0) is 28.3. The lowest BCUT2D eigenvalue weighted by Gasteiger charge is -2.34. The van der Waals surface area contributed by atoms with Gasteiger partial charge in [0.1, 0.15) is 36.6 Å². The first-order valence-electron chi connectivity index (χ1n) is 15.1. The minimum absolute atomic E-state index is 0.137. The first-order valence-corrected chi connectivity index (χ1v) is 15.1. The summed E-state index contributed by atoms with van der Waals surface area (Å²) < 4.78 is 44.5. The number of hydrogen-bond acceptors (Lipinski definition) is 11. The Morgan fingerprint density at radius 1 is 0.350 bits per heavy atom. The number of ether oxygens (including phenoxy) is 8. The molecule has 3 unspecified atom stereocenters. The summed E-state index contributed by atoms with van der Waals surface area (Å²) in [7, 11) is 3.24. The van der Waals surface area contributed by atoms with Gasteiger partial charge in [0.2, 0.25) is 0 Å². The quantitative estimate of drug-likeness (QED) is 0.253. The van der Waals surface area contributed by atoms with Crippen molar-refractivity contribution >= 4 is 18.5 Å². The minimum Gasteiger partial charge on any atom is -0.428 e. The third kappa shape index (κ3) is 8.86. The topological polar surface area (TPSA) is 125 Å². The third-order valence-electron chi connectivity index (χ3n) is 8.66. The van der Waals surface area contributed by atoms with E-state index in [4.69, 9.17) is 37.9 Å². The average Bonchev–Trinajstić information content (AvgIpc) is 2.95. The number of methoxy groups -OCH3 is 2. The molecule has 0 spiro atoms. The maximum atomic E-state index is 12.8. The van der Waals surface area contributed by atoms with Crippen molar-refractivity contribution in [2.75, 3.05) is 14.2 Å². The van der Waals surface area contributed by atoms with Crippen molar-refractivity contribution in [1.29, 1.82) is 0 Å². The van der Waals surface area contributed by atoms with Gasteiger partial charge in [-0.1, -0.05) is 12.8 Å². The molecule has 4 fully saturated rings. The van der Waals surface area contributed by atoms with Crippen LogP contribution in [0, 0.1) is 0 Å². The SMILES string of the molecule is CO[C@H]1CCCC[C@H]1OC(=O)OC1CCCC[C@@H]1OC(=O)OC1CCCC[C@@H]1OC(=O)OC1CCCC[C@H]1OC. The molecule has 0 aliphatic heterocycles. The molecular weight excluding hydrogens is 524 g/mol. The fourth-order valence-electron chi connectivity index (χ4n) is 6.42. The Labute approximate surface area is 236 Å². The Morgan fingerprint density at radius 3 is 0.725 bits per heavy atom. The molecule has 0 radical (unpaired) electrons. The van der Waals surface area contributed by atoms with E-state index in [-0.39, 0.29) is 24.4 Å². The van der Waals surface area contributed by atoms with E-state index in [9.17, 15) is 14.4 Å². The average molecular weight is 571 g/mol. The Hall–Kier alpha value is -2.27. The summed E-state index contributed by atoms with van der Waals surface area (Å²) >= 11 is 0. The van der Waals surface area contributed by atoms with Gasteiger partial charge in [-0.15, -0.1) is 0 Å². The molecule has 228 valence electrons. The van der Waals surface area contributed by atoms with E-state index < -0.39 is 42.9 Å². The lowest BCUT2D eigenvalue weighted by atomic mass is 9.94. The maximum Gasteiger partial charge on any atom is 0.509 e. The van der Waals surface area contributed by atoms with Crippen molar-refractivity contribution in [3.05, 3.63) is 0 Å². The van der Waals surface area contributed by atoms with Gasteiger partial charge in [0.15, 0.2) is 0 Å². The van der Waals surface area contributed by atoms with Crippen LogP contribution in [0.5, 0.6) is 0 Å². The molecule has 4 rings (SSSR count). The van der Waals surface area contributed by atoms with Gasteiger partial charge < -0.3 is 37.9 Å². The van der Waals surface area contributed by atoms with Crippen molar-refractivity contribution in [2.45, 2.75) is 152 Å². The second-order valence-electron chi connectivity index (χ2n) is 11.4. The second kappa shape index (κ2) is 15.7. The highest BCUT2D eigenvalue weighted by atomic mass is 16.8. The summed E-state index contributed by atoms with van der Waals surface area (Å²) in [5, 5.41) is 0. The van der Waals surface area contributed by atoms with Crippen LogP contribution in [0.1, 0.15) is 103 Å². The Balaban J connectivity index is 1.25. The van der Waals surface area contributed by atoms with Crippen molar-refractivity contribution < 1.29 is 52.3 Å². The highest BCUT2D eigenvalue weighted by Crippen LogP contribution is 2.30. The van der Waals surface area contributed by atoms with Gasteiger partial charge in [-0.3, -0.25) is 0 Å². The largest absolute Gasteiger partial charge is 0.509 e. The molecule has 0 heterocycles. The molecule has 4 saturated carbocycles. The van der Waals surface area contributed by atoms with Gasteiger partial charge in [0, 0.05) is 14.2 Å². The molecule has 0 bridgehead atoms. The molecule has 0 aromatic heterocycles. The van der Waals surface area contributed by atoms with E-state index in [1.807, 2.05) is 0 Å². The van der Waals surface area contributed by atoms with E-state index >= 15 is 0 Å². The first-order chi connectivity index (χ1) is 19.5. The van der Waals surface area contributed by atoms with Crippen LogP contribution in [0.15, 0.2) is 0 Å². The molecular formula is C29H46O11. The zero-order valence-electron chi connectivity index (χ0n) is 23.9. The van der Waals surface area contributed by atoms with Crippen molar-refractivity contribution in [3.8, 4) is 0 Å². The molecule has 0 amide bonds. The van der Waals surface area contributed by atoms with Gasteiger partial charge in [-0.05, 0) is 89.9 Å². The standard InChI is InChI=1S/C29H46O11/c1-33-19-11-3-5-13-21(19)35-27(30)37-23-15-7-9-17-25(23)39-29(32)40-26-18-10-8-16-24(26)38-28(31)36-22-14-6-4-12-20(22)34-2/h19-26H,3-18H2,1-2H3/t19-,20+,21+,22?,23?,24-,25-,26?/m0/s1. The Bertz CT molecular complexity index is 756. The van der Waals surface area contributed by atoms with Crippen LogP contribution >= 0.6 is 0 Å². The van der Waals surface area contributed by atoms with Crippen LogP contribution in [0.25, 0.3) is 0 Å². The predicted molar refractivity (Wildman–Crippen MR) is 141 cm³/mol. The van der Waals surface area contributed by atoms with E-state index in [1.165, 1.54) is 0 Å². The van der Waals surface area contributed by atoms with Crippen molar-refractivity contribution in [1.82, 2.24) is 0 Å². The van der Waals surface area contributed by atoms with Crippen LogP contribution in [0.3, 0.4) is 0 Å². The fourth-order valence-corrected chi connectivity index (χ4v) is 6.42. The molecule has 8 atom stereocenters. The van der Waals surface area contributed by atoms with Gasteiger partial charge in [-0.25, -0.2) is 14.4 Å². The second-order valence-corrected chi connectivity index (χ2v) is 11.4. The molecule has 0 saturated heterocycles. The lowest BCUT2D eigenvalue weighted by molar-refractivity contribution is -0.117. The maximum absolute atomic E-state index is 12.8. The smallest absolute Gasteiger partial charge is 0.428 e. The van der Waals surface area contributed by atoms with Gasteiger partial charge in [-0.2, -0.15) is 0 Å². The molecule has 0 aromatic carbocycles. The number of hydrogen-bond donors (Lipinski definition) is 0. The summed E-state index contributed by atoms with van der Waals surface area (Å²) in [4.78, 5) is 38.0. The normalized spacial score (nSPS) is 34.6. The number of rotatable bonds is 8. The fraction of sp³-hybridized carbons (Fsp3) is 0.897. The van der Waals surface area contributed by atoms with Gasteiger partial charge in [0.25, 0.3) is 0 Å². The van der Waals surface area contributed by atoms with Gasteiger partial charge >= 0.3 is 18.5 Å². The predicted octanol–water partition coefficient (Wildman–Crippen LogP) is 5.98. The van der Waals surface area contributed by atoms with Crippen LogP contribution in [0.4, 0.5) is 14.4 Å². The zero-order valence-corrected chi connectivity index (χ0v) is 23.9. The van der Waals surface area contributed by atoms with Gasteiger partial charge in [0.05, 0.1) is 12.2 Å². The summed E-state index contributed by atoms with van der Waals surface area (Å²) in [5.41, 5.74) is 0. The molecule has 40 heavy (non-hydrogen) atoms. The summed E-state index contributed by atoms with van der Waals surface area (Å²) in [5.74, 6) is 0. The summed E-state index contributed by atoms with van der Waals surface area (Å²) in [6.07, 6.45) is 6.92. The van der Waals surface area contributed by atoms with Crippen LogP contribution in [-0.2, 0) is 37.9 Å². The highest BCUT2D eigenvalue weighted by Gasteiger charge is 2.38. The molecule has 0 N–H and O–H groups in total. The van der Waals surface area contributed by atoms with E-state index in [0.717, 1.165) is 77.0 Å². The number of carbonyl (C=O) groups is 3. The molecule has 0 aromatic rings. The molecule has 4 aliphatic carbocycles. The van der Waals surface area contributed by atoms with Crippen LogP contribution in [0.2, 0.25) is 0 Å². The van der Waals surface area contributed by atoms with Crippen molar-refractivity contribution in [2.24, 2.45) is 0 Å². The highest BCUT2D eigenvalue weighted by molar-refractivity contribution is 5.62. The number of carbonyl (C=O) groups excluding carboxylic acids is 3. The van der Waals surface area contributed by atoms with Crippen molar-refractivity contribution in [3.63, 3.8) is 0 Å². The monoisotopic (exact) mass is 570 g/mol. The first kappa shape index (κ1) is 30.7. The van der Waals surface area contributed by atoms with E-state index in [2.05, 4.69) is 0 Å². The van der Waals surface area contributed by atoms with Crippen LogP contribution < -0.4 is 0 Å². The molecule has 4 aliphatic rings. The Morgan fingerprint density at radius 2 is 0.525 bits per heavy atom. The minimum atomic E-state index is -0.860. The lowest BCUT2D eigenvalue weighted by Crippen LogP contribution is -2.43. The Kier molecular flexibility index (Phi) is 12.0.